The molecular formula is C20H27N3O2. The van der Waals surface area contributed by atoms with Crippen LogP contribution in [0, 0.1) is 5.92 Å². The number of carbonyl (C=O) groups is 1. The van der Waals surface area contributed by atoms with Crippen LogP contribution in [0.3, 0.4) is 0 Å². The van der Waals surface area contributed by atoms with Crippen LogP contribution in [0.15, 0.2) is 29.1 Å². The van der Waals surface area contributed by atoms with Gasteiger partial charge in [0.05, 0.1) is 11.0 Å². The highest BCUT2D eigenvalue weighted by molar-refractivity contribution is 5.90. The van der Waals surface area contributed by atoms with E-state index in [4.69, 9.17) is 0 Å². The van der Waals surface area contributed by atoms with Gasteiger partial charge in [0.1, 0.15) is 0 Å². The number of aryl methyl sites for hydroxylation is 1. The van der Waals surface area contributed by atoms with Crippen LogP contribution < -0.4 is 5.69 Å². The Kier molecular flexibility index (Phi) is 4.50. The predicted molar refractivity (Wildman–Crippen MR) is 99.1 cm³/mol. The summed E-state index contributed by atoms with van der Waals surface area (Å²) in [6.07, 6.45) is 6.50. The minimum absolute atomic E-state index is 0.0363. The van der Waals surface area contributed by atoms with Crippen molar-refractivity contribution < 1.29 is 4.79 Å². The van der Waals surface area contributed by atoms with E-state index in [1.54, 1.807) is 4.57 Å². The van der Waals surface area contributed by atoms with Crippen LogP contribution in [0.4, 0.5) is 0 Å². The molecule has 25 heavy (non-hydrogen) atoms. The molecule has 0 amide bonds. The summed E-state index contributed by atoms with van der Waals surface area (Å²) in [6, 6.07) is 8.16. The quantitative estimate of drug-likeness (QED) is 0.862. The van der Waals surface area contributed by atoms with E-state index >= 15 is 0 Å². The molecule has 5 nitrogen and oxygen atoms in total. The molecule has 2 atom stereocenters. The lowest BCUT2D eigenvalue weighted by molar-refractivity contribution is 0.0490. The minimum atomic E-state index is -0.190. The number of aromatic nitrogens is 2. The van der Waals surface area contributed by atoms with Crippen molar-refractivity contribution in [3.8, 4) is 0 Å². The molecule has 3 heterocycles. The highest BCUT2D eigenvalue weighted by Crippen LogP contribution is 2.33. The molecule has 0 N–H and O–H groups in total. The number of hydrogen-bond acceptors (Lipinski definition) is 3. The topological polar surface area (TPSA) is 47.2 Å². The van der Waals surface area contributed by atoms with Crippen molar-refractivity contribution in [1.82, 2.24) is 14.0 Å². The molecule has 1 aromatic heterocycles. The predicted octanol–water partition coefficient (Wildman–Crippen LogP) is 3.12. The first kappa shape index (κ1) is 16.6. The largest absolute Gasteiger partial charge is 0.335 e. The van der Waals surface area contributed by atoms with Crippen LogP contribution in [0.25, 0.3) is 11.0 Å². The van der Waals surface area contributed by atoms with Gasteiger partial charge in [0.15, 0.2) is 0 Å². The molecule has 0 unspecified atom stereocenters. The van der Waals surface area contributed by atoms with E-state index in [0.717, 1.165) is 17.5 Å². The summed E-state index contributed by atoms with van der Waals surface area (Å²) in [7, 11) is 0. The molecule has 134 valence electrons. The van der Waals surface area contributed by atoms with Crippen LogP contribution in [0.1, 0.15) is 50.2 Å². The van der Waals surface area contributed by atoms with E-state index in [9.17, 15) is 9.59 Å². The molecule has 2 aliphatic rings. The van der Waals surface area contributed by atoms with Crippen molar-refractivity contribution in [2.75, 3.05) is 13.1 Å². The van der Waals surface area contributed by atoms with Gasteiger partial charge >= 0.3 is 5.69 Å². The lowest BCUT2D eigenvalue weighted by Gasteiger charge is -2.44. The minimum Gasteiger partial charge on any atom is -0.300 e. The van der Waals surface area contributed by atoms with Gasteiger partial charge in [-0.1, -0.05) is 18.6 Å². The second kappa shape index (κ2) is 6.79. The van der Waals surface area contributed by atoms with Gasteiger partial charge in [-0.3, -0.25) is 9.36 Å². The number of hydrogen-bond donors (Lipinski definition) is 0. The number of piperidine rings is 2. The zero-order chi connectivity index (χ0) is 17.4. The van der Waals surface area contributed by atoms with Crippen LogP contribution in [-0.4, -0.2) is 39.1 Å². The maximum Gasteiger partial charge on any atom is 0.335 e. The number of carbonyl (C=O) groups excluding carboxylic acids is 1. The van der Waals surface area contributed by atoms with Gasteiger partial charge in [-0.05, 0) is 63.7 Å². The number of fused-ring (bicyclic) bond motifs is 2. The third kappa shape index (κ3) is 2.84. The lowest BCUT2D eigenvalue weighted by Crippen LogP contribution is -2.48. The maximum atomic E-state index is 13.1. The number of benzene rings is 1. The summed E-state index contributed by atoms with van der Waals surface area (Å²) < 4.78 is 3.11. The van der Waals surface area contributed by atoms with Gasteiger partial charge in [-0.2, -0.15) is 0 Å². The van der Waals surface area contributed by atoms with Gasteiger partial charge in [-0.15, -0.1) is 0 Å². The normalized spacial score (nSPS) is 24.4. The summed E-state index contributed by atoms with van der Waals surface area (Å²) in [5.41, 5.74) is 1.41. The van der Waals surface area contributed by atoms with Crippen LogP contribution in [0.2, 0.25) is 0 Å². The van der Waals surface area contributed by atoms with Gasteiger partial charge in [0.2, 0.25) is 5.91 Å². The lowest BCUT2D eigenvalue weighted by atomic mass is 9.81. The monoisotopic (exact) mass is 341 g/mol. The van der Waals surface area contributed by atoms with Crippen molar-refractivity contribution in [2.45, 2.75) is 58.0 Å². The zero-order valence-electron chi connectivity index (χ0n) is 15.0. The first-order valence-corrected chi connectivity index (χ1v) is 9.68. The molecule has 4 rings (SSSR count). The fourth-order valence-electron chi connectivity index (χ4n) is 4.89. The van der Waals surface area contributed by atoms with Crippen molar-refractivity contribution >= 4 is 16.9 Å². The van der Waals surface area contributed by atoms with E-state index in [2.05, 4.69) is 4.90 Å². The maximum absolute atomic E-state index is 13.1. The SMILES string of the molecule is CCn1c(=O)n(C(=O)C[C@@H]2CCCN3CCCC[C@H]23)c2ccccc21. The van der Waals surface area contributed by atoms with E-state index in [1.165, 1.54) is 43.3 Å². The second-order valence-corrected chi connectivity index (χ2v) is 7.45. The molecule has 0 spiro atoms. The molecule has 5 heteroatoms. The van der Waals surface area contributed by atoms with Crippen molar-refractivity contribution in [1.29, 1.82) is 0 Å². The number of para-hydroxylation sites is 2. The van der Waals surface area contributed by atoms with E-state index in [-0.39, 0.29) is 11.6 Å². The molecule has 0 aliphatic carbocycles. The fraction of sp³-hybridized carbons (Fsp3) is 0.600. The Morgan fingerprint density at radius 1 is 1.08 bits per heavy atom. The zero-order valence-corrected chi connectivity index (χ0v) is 15.0. The summed E-state index contributed by atoms with van der Waals surface area (Å²) >= 11 is 0. The molecule has 0 radical (unpaired) electrons. The van der Waals surface area contributed by atoms with E-state index in [0.29, 0.717) is 24.9 Å². The first-order valence-electron chi connectivity index (χ1n) is 9.68. The Balaban J connectivity index is 1.64. The standard InChI is InChI=1S/C20H27N3O2/c1-2-22-17-10-3-4-11-18(17)23(20(22)25)19(24)14-15-8-7-13-21-12-6-5-9-16(15)21/h3-4,10-11,15-16H,2,5-9,12-14H2,1H3/t15-,16+/m0/s1. The summed E-state index contributed by atoms with van der Waals surface area (Å²) in [5, 5.41) is 0. The summed E-state index contributed by atoms with van der Waals surface area (Å²) in [5.74, 6) is 0.350. The molecule has 0 bridgehead atoms. The van der Waals surface area contributed by atoms with Crippen molar-refractivity contribution in [3.63, 3.8) is 0 Å². The third-order valence-corrected chi connectivity index (χ3v) is 6.07. The Morgan fingerprint density at radius 2 is 1.84 bits per heavy atom. The average Bonchev–Trinajstić information content (AvgIpc) is 2.93. The van der Waals surface area contributed by atoms with Crippen LogP contribution in [0.5, 0.6) is 0 Å². The smallest absolute Gasteiger partial charge is 0.300 e. The molecule has 0 saturated carbocycles. The Morgan fingerprint density at radius 3 is 2.64 bits per heavy atom. The number of nitrogens with zero attached hydrogens (tertiary/aromatic N) is 3. The third-order valence-electron chi connectivity index (χ3n) is 6.07. The average molecular weight is 341 g/mol. The van der Waals surface area contributed by atoms with Gasteiger partial charge < -0.3 is 4.90 Å². The first-order chi connectivity index (χ1) is 12.2. The highest BCUT2D eigenvalue weighted by Gasteiger charge is 2.34. The van der Waals surface area contributed by atoms with Gasteiger partial charge in [0, 0.05) is 19.0 Å². The molecule has 2 saturated heterocycles. The van der Waals surface area contributed by atoms with Crippen molar-refractivity contribution in [3.05, 3.63) is 34.7 Å². The van der Waals surface area contributed by atoms with Crippen LogP contribution in [-0.2, 0) is 6.54 Å². The van der Waals surface area contributed by atoms with Crippen molar-refractivity contribution in [2.24, 2.45) is 5.92 Å². The molecule has 2 aliphatic heterocycles. The Labute approximate surface area is 148 Å². The highest BCUT2D eigenvalue weighted by atomic mass is 16.2. The van der Waals surface area contributed by atoms with Crippen LogP contribution >= 0.6 is 0 Å². The van der Waals surface area contributed by atoms with Gasteiger partial charge in [0.25, 0.3) is 0 Å². The molecule has 2 fully saturated rings. The Bertz CT molecular complexity index is 833. The number of imidazole rings is 1. The number of rotatable bonds is 3. The summed E-state index contributed by atoms with van der Waals surface area (Å²) in [4.78, 5) is 28.4. The van der Waals surface area contributed by atoms with E-state index in [1.807, 2.05) is 31.2 Å². The molecule has 2 aromatic rings. The molecule has 1 aromatic carbocycles. The molecular weight excluding hydrogens is 314 g/mol. The van der Waals surface area contributed by atoms with E-state index < -0.39 is 0 Å². The summed E-state index contributed by atoms with van der Waals surface area (Å²) in [6.45, 7) is 4.87. The fourth-order valence-corrected chi connectivity index (χ4v) is 4.89. The van der Waals surface area contributed by atoms with Gasteiger partial charge in [-0.25, -0.2) is 9.36 Å². The Hall–Kier alpha value is -1.88. The second-order valence-electron chi connectivity index (χ2n) is 7.45.